The molecule has 0 aliphatic heterocycles. The highest BCUT2D eigenvalue weighted by molar-refractivity contribution is 7.89. The van der Waals surface area contributed by atoms with Gasteiger partial charge < -0.3 is 10.8 Å². The Morgan fingerprint density at radius 3 is 2.50 bits per heavy atom. The number of nitrogen functional groups attached to an aromatic ring is 1. The van der Waals surface area contributed by atoms with Gasteiger partial charge in [-0.25, -0.2) is 13.1 Å². The fourth-order valence-electron chi connectivity index (χ4n) is 1.10. The molecule has 6 heteroatoms. The normalized spacial score (nSPS) is 11.6. The molecule has 4 N–H and O–H groups in total. The molecule has 0 saturated heterocycles. The van der Waals surface area contributed by atoms with Gasteiger partial charge in [0, 0.05) is 6.07 Å². The van der Waals surface area contributed by atoms with Crippen LogP contribution < -0.4 is 10.5 Å². The molecule has 0 spiro atoms. The molecule has 0 aliphatic carbocycles. The molecule has 0 fully saturated rings. The van der Waals surface area contributed by atoms with Gasteiger partial charge in [0.2, 0.25) is 10.0 Å². The Labute approximate surface area is 82.6 Å². The third-order valence-corrected chi connectivity index (χ3v) is 3.44. The van der Waals surface area contributed by atoms with Crippen LogP contribution >= 0.6 is 0 Å². The van der Waals surface area contributed by atoms with Gasteiger partial charge in [-0.3, -0.25) is 0 Å². The van der Waals surface area contributed by atoms with Gasteiger partial charge in [0.15, 0.2) is 0 Å². The average molecular weight is 216 g/mol. The van der Waals surface area contributed by atoms with E-state index >= 15 is 0 Å². The van der Waals surface area contributed by atoms with Gasteiger partial charge in [0.25, 0.3) is 0 Å². The smallest absolute Gasteiger partial charge is 0.240 e. The quantitative estimate of drug-likeness (QED) is 0.486. The summed E-state index contributed by atoms with van der Waals surface area (Å²) in [6, 6.07) is 2.55. The number of hydrogen-bond acceptors (Lipinski definition) is 4. The Balaban J connectivity index is 3.45. The summed E-state index contributed by atoms with van der Waals surface area (Å²) in [7, 11) is -2.23. The Bertz CT molecular complexity index is 454. The van der Waals surface area contributed by atoms with Gasteiger partial charge in [-0.2, -0.15) is 0 Å². The first kappa shape index (κ1) is 10.8. The fraction of sp³-hybridized carbons (Fsp3) is 0.250. The van der Waals surface area contributed by atoms with Crippen LogP contribution in [0.3, 0.4) is 0 Å². The molecule has 0 aliphatic rings. The molecule has 0 saturated carbocycles. The van der Waals surface area contributed by atoms with Crippen molar-refractivity contribution in [3.8, 4) is 5.75 Å². The first-order valence-electron chi connectivity index (χ1n) is 3.91. The minimum atomic E-state index is -3.53. The summed E-state index contributed by atoms with van der Waals surface area (Å²) in [5.41, 5.74) is 6.07. The number of rotatable bonds is 2. The number of hydrogen-bond donors (Lipinski definition) is 3. The van der Waals surface area contributed by atoms with Gasteiger partial charge in [-0.1, -0.05) is 0 Å². The van der Waals surface area contributed by atoms with Crippen molar-refractivity contribution < 1.29 is 13.5 Å². The Kier molecular flexibility index (Phi) is 2.68. The maximum absolute atomic E-state index is 11.4. The maximum atomic E-state index is 11.4. The van der Waals surface area contributed by atoms with Crippen molar-refractivity contribution in [3.63, 3.8) is 0 Å². The number of phenols is 1. The SMILES string of the molecule is CNS(=O)(=O)c1cc(O)c(N)cc1C. The van der Waals surface area contributed by atoms with Crippen molar-refractivity contribution in [3.05, 3.63) is 17.7 Å². The molecule has 0 unspecified atom stereocenters. The lowest BCUT2D eigenvalue weighted by molar-refractivity contribution is 0.475. The number of phenolic OH excluding ortho intramolecular Hbond substituents is 1. The van der Waals surface area contributed by atoms with E-state index in [1.165, 1.54) is 13.1 Å². The molecule has 0 amide bonds. The average Bonchev–Trinajstić information content (AvgIpc) is 2.11. The van der Waals surface area contributed by atoms with Gasteiger partial charge >= 0.3 is 0 Å². The lowest BCUT2D eigenvalue weighted by Crippen LogP contribution is -2.19. The number of aryl methyl sites for hydroxylation is 1. The number of nitrogens with two attached hydrogens (primary N) is 1. The number of benzene rings is 1. The maximum Gasteiger partial charge on any atom is 0.240 e. The van der Waals surface area contributed by atoms with Crippen molar-refractivity contribution in [1.82, 2.24) is 4.72 Å². The molecule has 0 radical (unpaired) electrons. The van der Waals surface area contributed by atoms with Crippen molar-refractivity contribution in [2.45, 2.75) is 11.8 Å². The zero-order valence-electron chi connectivity index (χ0n) is 7.90. The van der Waals surface area contributed by atoms with E-state index in [9.17, 15) is 13.5 Å². The van der Waals surface area contributed by atoms with Gasteiger partial charge in [0.1, 0.15) is 5.75 Å². The van der Waals surface area contributed by atoms with Crippen molar-refractivity contribution in [2.75, 3.05) is 12.8 Å². The lowest BCUT2D eigenvalue weighted by atomic mass is 10.2. The number of aromatic hydroxyl groups is 1. The molecule has 0 bridgehead atoms. The highest BCUT2D eigenvalue weighted by atomic mass is 32.2. The van der Waals surface area contributed by atoms with Crippen molar-refractivity contribution >= 4 is 15.7 Å². The van der Waals surface area contributed by atoms with Crippen LogP contribution in [-0.2, 0) is 10.0 Å². The molecule has 0 atom stereocenters. The van der Waals surface area contributed by atoms with Crippen LogP contribution in [0.15, 0.2) is 17.0 Å². The van der Waals surface area contributed by atoms with Crippen molar-refractivity contribution in [1.29, 1.82) is 0 Å². The van der Waals surface area contributed by atoms with Crippen LogP contribution in [0.1, 0.15) is 5.56 Å². The largest absolute Gasteiger partial charge is 0.506 e. The molecule has 0 aromatic heterocycles. The van der Waals surface area contributed by atoms with Gasteiger partial charge in [0.05, 0.1) is 10.6 Å². The van der Waals surface area contributed by atoms with Crippen LogP contribution in [-0.4, -0.2) is 20.6 Å². The second kappa shape index (κ2) is 3.47. The molecule has 1 aromatic carbocycles. The summed E-state index contributed by atoms with van der Waals surface area (Å²) >= 11 is 0. The van der Waals surface area contributed by atoms with E-state index in [4.69, 9.17) is 5.73 Å². The molecule has 5 nitrogen and oxygen atoms in total. The third-order valence-electron chi connectivity index (χ3n) is 1.88. The molecular weight excluding hydrogens is 204 g/mol. The van der Waals surface area contributed by atoms with Gasteiger partial charge in [-0.05, 0) is 25.6 Å². The van der Waals surface area contributed by atoms with E-state index in [-0.39, 0.29) is 16.3 Å². The van der Waals surface area contributed by atoms with E-state index in [0.717, 1.165) is 6.07 Å². The van der Waals surface area contributed by atoms with E-state index in [0.29, 0.717) is 5.56 Å². The summed E-state index contributed by atoms with van der Waals surface area (Å²) in [6.45, 7) is 1.61. The van der Waals surface area contributed by atoms with Crippen LogP contribution in [0.4, 0.5) is 5.69 Å². The zero-order chi connectivity index (χ0) is 10.9. The zero-order valence-corrected chi connectivity index (χ0v) is 8.72. The molecule has 14 heavy (non-hydrogen) atoms. The topological polar surface area (TPSA) is 92.4 Å². The first-order valence-corrected chi connectivity index (χ1v) is 5.39. The van der Waals surface area contributed by atoms with Crippen LogP contribution in [0.2, 0.25) is 0 Å². The Morgan fingerprint density at radius 1 is 1.43 bits per heavy atom. The predicted molar refractivity (Wildman–Crippen MR) is 53.5 cm³/mol. The Hall–Kier alpha value is -1.27. The third kappa shape index (κ3) is 1.80. The highest BCUT2D eigenvalue weighted by Gasteiger charge is 2.16. The molecule has 0 heterocycles. The van der Waals surface area contributed by atoms with E-state index in [2.05, 4.69) is 4.72 Å². The summed E-state index contributed by atoms with van der Waals surface area (Å²) < 4.78 is 25.0. The van der Waals surface area contributed by atoms with E-state index in [1.807, 2.05) is 0 Å². The number of sulfonamides is 1. The predicted octanol–water partition coefficient (Wildman–Crippen LogP) is 0.191. The lowest BCUT2D eigenvalue weighted by Gasteiger charge is -2.08. The Morgan fingerprint density at radius 2 is 2.00 bits per heavy atom. The standard InChI is InChI=1S/C8H12N2O3S/c1-5-3-6(9)7(11)4-8(5)14(12,13)10-2/h3-4,10-11H,9H2,1-2H3. The summed E-state index contributed by atoms with van der Waals surface area (Å²) in [5, 5.41) is 9.27. The summed E-state index contributed by atoms with van der Waals surface area (Å²) in [4.78, 5) is 0.0340. The van der Waals surface area contributed by atoms with Crippen LogP contribution in [0.5, 0.6) is 5.75 Å². The minimum Gasteiger partial charge on any atom is -0.506 e. The molecular formula is C8H12N2O3S. The molecule has 78 valence electrons. The van der Waals surface area contributed by atoms with Crippen LogP contribution in [0.25, 0.3) is 0 Å². The summed E-state index contributed by atoms with van der Waals surface area (Å²) in [5.74, 6) is -0.232. The van der Waals surface area contributed by atoms with E-state index in [1.54, 1.807) is 6.92 Å². The minimum absolute atomic E-state index is 0.0340. The monoisotopic (exact) mass is 216 g/mol. The van der Waals surface area contributed by atoms with Crippen LogP contribution in [0, 0.1) is 6.92 Å². The number of anilines is 1. The second-order valence-electron chi connectivity index (χ2n) is 2.88. The molecule has 1 aromatic rings. The second-order valence-corrected chi connectivity index (χ2v) is 4.74. The summed E-state index contributed by atoms with van der Waals surface area (Å²) in [6.07, 6.45) is 0. The van der Waals surface area contributed by atoms with Gasteiger partial charge in [-0.15, -0.1) is 0 Å². The molecule has 1 rings (SSSR count). The van der Waals surface area contributed by atoms with E-state index < -0.39 is 10.0 Å². The first-order chi connectivity index (χ1) is 6.38. The van der Waals surface area contributed by atoms with Crippen molar-refractivity contribution in [2.24, 2.45) is 0 Å². The highest BCUT2D eigenvalue weighted by Crippen LogP contribution is 2.26. The fourth-order valence-corrected chi connectivity index (χ4v) is 2.07. The number of nitrogens with one attached hydrogen (secondary N) is 1.